The largest absolute Gasteiger partial charge is 0.389 e. The normalized spacial score (nSPS) is 14.3. The first-order chi connectivity index (χ1) is 9.56. The summed E-state index contributed by atoms with van der Waals surface area (Å²) in [6, 6.07) is 8.23. The number of benzene rings is 1. The number of nitrogens with one attached hydrogen (secondary N) is 1. The van der Waals surface area contributed by atoms with Crippen LogP contribution in [0, 0.1) is 0 Å². The predicted octanol–water partition coefficient (Wildman–Crippen LogP) is 1.07. The average Bonchev–Trinajstić information content (AvgIpc) is 3.23. The van der Waals surface area contributed by atoms with Crippen molar-refractivity contribution < 1.29 is 4.79 Å². The number of thiocarbonyl (C=S) groups is 1. The van der Waals surface area contributed by atoms with E-state index in [2.05, 4.69) is 17.3 Å². The van der Waals surface area contributed by atoms with Gasteiger partial charge in [0.25, 0.3) is 0 Å². The number of hydrogen-bond donors (Lipinski definition) is 2. The third kappa shape index (κ3) is 4.58. The summed E-state index contributed by atoms with van der Waals surface area (Å²) in [6.07, 6.45) is 2.98. The van der Waals surface area contributed by atoms with E-state index >= 15 is 0 Å². The molecule has 1 aromatic rings. The Morgan fingerprint density at radius 3 is 2.60 bits per heavy atom. The van der Waals surface area contributed by atoms with E-state index in [9.17, 15) is 4.79 Å². The van der Waals surface area contributed by atoms with Crippen molar-refractivity contribution in [2.45, 2.75) is 25.3 Å². The third-order valence-corrected chi connectivity index (χ3v) is 3.80. The molecule has 0 bridgehead atoms. The zero-order valence-corrected chi connectivity index (χ0v) is 12.6. The highest BCUT2D eigenvalue weighted by Crippen LogP contribution is 2.24. The van der Waals surface area contributed by atoms with E-state index in [0.717, 1.165) is 23.7 Å². The van der Waals surface area contributed by atoms with Crippen LogP contribution in [0.3, 0.4) is 0 Å². The minimum Gasteiger partial charge on any atom is -0.389 e. The van der Waals surface area contributed by atoms with Crippen molar-refractivity contribution in [2.75, 3.05) is 20.1 Å². The lowest BCUT2D eigenvalue weighted by Crippen LogP contribution is -2.34. The van der Waals surface area contributed by atoms with Gasteiger partial charge >= 0.3 is 0 Å². The van der Waals surface area contributed by atoms with E-state index in [1.807, 2.05) is 24.3 Å². The molecule has 20 heavy (non-hydrogen) atoms. The van der Waals surface area contributed by atoms with Gasteiger partial charge in [0.1, 0.15) is 4.99 Å². The molecule has 0 aliphatic heterocycles. The Balaban J connectivity index is 1.71. The molecule has 0 heterocycles. The lowest BCUT2D eigenvalue weighted by atomic mass is 10.1. The van der Waals surface area contributed by atoms with Crippen molar-refractivity contribution in [1.82, 2.24) is 10.2 Å². The van der Waals surface area contributed by atoms with Gasteiger partial charge in [-0.3, -0.25) is 4.79 Å². The summed E-state index contributed by atoms with van der Waals surface area (Å²) in [6.45, 7) is 1.62. The van der Waals surface area contributed by atoms with E-state index in [4.69, 9.17) is 18.0 Å². The van der Waals surface area contributed by atoms with Crippen LogP contribution in [0.15, 0.2) is 24.3 Å². The highest BCUT2D eigenvalue weighted by atomic mass is 32.1. The summed E-state index contributed by atoms with van der Waals surface area (Å²) in [5.74, 6) is 0.0530. The van der Waals surface area contributed by atoms with Gasteiger partial charge in [-0.25, -0.2) is 0 Å². The summed E-state index contributed by atoms with van der Waals surface area (Å²) >= 11 is 4.89. The second kappa shape index (κ2) is 6.81. The van der Waals surface area contributed by atoms with Crippen LogP contribution in [0.4, 0.5) is 0 Å². The maximum atomic E-state index is 11.8. The fraction of sp³-hybridized carbons (Fsp3) is 0.467. The van der Waals surface area contributed by atoms with Crippen molar-refractivity contribution in [3.05, 3.63) is 35.4 Å². The predicted molar refractivity (Wildman–Crippen MR) is 84.7 cm³/mol. The SMILES string of the molecule is CN(CCNC(=O)Cc1ccc(C(N)=S)cc1)C1CC1. The molecule has 108 valence electrons. The summed E-state index contributed by atoms with van der Waals surface area (Å²) in [7, 11) is 2.11. The van der Waals surface area contributed by atoms with Gasteiger partial charge in [0.2, 0.25) is 5.91 Å². The fourth-order valence-electron chi connectivity index (χ4n) is 2.10. The maximum absolute atomic E-state index is 11.8. The van der Waals surface area contributed by atoms with Gasteiger partial charge in [0.15, 0.2) is 0 Å². The molecule has 1 aromatic carbocycles. The Hall–Kier alpha value is -1.46. The van der Waals surface area contributed by atoms with Gasteiger partial charge in [-0.2, -0.15) is 0 Å². The molecule has 4 nitrogen and oxygen atoms in total. The number of amides is 1. The Morgan fingerprint density at radius 1 is 1.40 bits per heavy atom. The first-order valence-electron chi connectivity index (χ1n) is 6.92. The number of carbonyl (C=O) groups is 1. The van der Waals surface area contributed by atoms with Crippen molar-refractivity contribution in [3.8, 4) is 0 Å². The van der Waals surface area contributed by atoms with Crippen LogP contribution in [-0.4, -0.2) is 42.0 Å². The monoisotopic (exact) mass is 291 g/mol. The average molecular weight is 291 g/mol. The summed E-state index contributed by atoms with van der Waals surface area (Å²) in [5.41, 5.74) is 7.34. The zero-order chi connectivity index (χ0) is 14.5. The van der Waals surface area contributed by atoms with Crippen LogP contribution in [0.25, 0.3) is 0 Å². The molecule has 2 rings (SSSR count). The van der Waals surface area contributed by atoms with Gasteiger partial charge in [-0.05, 0) is 25.5 Å². The van der Waals surface area contributed by atoms with Gasteiger partial charge in [-0.15, -0.1) is 0 Å². The van der Waals surface area contributed by atoms with Crippen LogP contribution in [0.2, 0.25) is 0 Å². The van der Waals surface area contributed by atoms with E-state index in [1.54, 1.807) is 0 Å². The van der Waals surface area contributed by atoms with Crippen molar-refractivity contribution >= 4 is 23.1 Å². The quantitative estimate of drug-likeness (QED) is 0.738. The van der Waals surface area contributed by atoms with E-state index < -0.39 is 0 Å². The van der Waals surface area contributed by atoms with E-state index in [0.29, 0.717) is 18.0 Å². The first kappa shape index (κ1) is 14.9. The number of nitrogens with zero attached hydrogens (tertiary/aromatic N) is 1. The molecule has 1 saturated carbocycles. The number of carbonyl (C=O) groups excluding carboxylic acids is 1. The summed E-state index contributed by atoms with van der Waals surface area (Å²) < 4.78 is 0. The summed E-state index contributed by atoms with van der Waals surface area (Å²) in [4.78, 5) is 14.5. The highest BCUT2D eigenvalue weighted by Gasteiger charge is 2.25. The standard InChI is InChI=1S/C15H21N3OS/c1-18(13-6-7-13)9-8-17-14(19)10-11-2-4-12(5-3-11)15(16)20/h2-5,13H,6-10H2,1H3,(H2,16,20)(H,17,19). The third-order valence-electron chi connectivity index (χ3n) is 3.56. The number of hydrogen-bond acceptors (Lipinski definition) is 3. The van der Waals surface area contributed by atoms with Gasteiger partial charge in [-0.1, -0.05) is 36.5 Å². The molecule has 0 atom stereocenters. The molecule has 1 fully saturated rings. The molecular formula is C15H21N3OS. The maximum Gasteiger partial charge on any atom is 0.224 e. The number of rotatable bonds is 7. The molecule has 1 amide bonds. The van der Waals surface area contributed by atoms with Crippen LogP contribution in [0.1, 0.15) is 24.0 Å². The Bertz CT molecular complexity index is 482. The Morgan fingerprint density at radius 2 is 2.05 bits per heavy atom. The zero-order valence-electron chi connectivity index (χ0n) is 11.8. The lowest BCUT2D eigenvalue weighted by Gasteiger charge is -2.15. The van der Waals surface area contributed by atoms with Crippen LogP contribution in [-0.2, 0) is 11.2 Å². The van der Waals surface area contributed by atoms with Gasteiger partial charge in [0, 0.05) is 24.7 Å². The van der Waals surface area contributed by atoms with Crippen LogP contribution >= 0.6 is 12.2 Å². The highest BCUT2D eigenvalue weighted by molar-refractivity contribution is 7.80. The molecule has 0 unspecified atom stereocenters. The second-order valence-corrected chi connectivity index (χ2v) is 5.74. The van der Waals surface area contributed by atoms with Crippen molar-refractivity contribution in [2.24, 2.45) is 5.73 Å². The molecule has 3 N–H and O–H groups in total. The second-order valence-electron chi connectivity index (χ2n) is 5.30. The van der Waals surface area contributed by atoms with Crippen LogP contribution in [0.5, 0.6) is 0 Å². The van der Waals surface area contributed by atoms with Gasteiger partial charge < -0.3 is 16.0 Å². The van der Waals surface area contributed by atoms with Crippen LogP contribution < -0.4 is 11.1 Å². The molecule has 0 saturated heterocycles. The molecule has 0 spiro atoms. The van der Waals surface area contributed by atoms with Gasteiger partial charge in [0.05, 0.1) is 6.42 Å². The molecule has 0 aromatic heterocycles. The van der Waals surface area contributed by atoms with E-state index in [-0.39, 0.29) is 5.91 Å². The minimum absolute atomic E-state index is 0.0530. The molecule has 1 aliphatic carbocycles. The minimum atomic E-state index is 0.0530. The van der Waals surface area contributed by atoms with E-state index in [1.165, 1.54) is 12.8 Å². The molecular weight excluding hydrogens is 270 g/mol. The summed E-state index contributed by atoms with van der Waals surface area (Å²) in [5, 5.41) is 2.95. The number of nitrogens with two attached hydrogens (primary N) is 1. The number of likely N-dealkylation sites (N-methyl/N-ethyl adjacent to an activating group) is 1. The molecule has 0 radical (unpaired) electrons. The van der Waals surface area contributed by atoms with Crippen molar-refractivity contribution in [1.29, 1.82) is 0 Å². The first-order valence-corrected chi connectivity index (χ1v) is 7.33. The van der Waals surface area contributed by atoms with Crippen molar-refractivity contribution in [3.63, 3.8) is 0 Å². The Labute approximate surface area is 125 Å². The lowest BCUT2D eigenvalue weighted by molar-refractivity contribution is -0.120. The Kier molecular flexibility index (Phi) is 5.09. The topological polar surface area (TPSA) is 58.4 Å². The fourth-order valence-corrected chi connectivity index (χ4v) is 2.24. The molecule has 5 heteroatoms. The molecule has 1 aliphatic rings. The smallest absolute Gasteiger partial charge is 0.224 e.